The topological polar surface area (TPSA) is 41.1 Å². The van der Waals surface area contributed by atoms with E-state index in [-0.39, 0.29) is 11.0 Å². The van der Waals surface area contributed by atoms with E-state index < -0.39 is 0 Å². The van der Waals surface area contributed by atoms with Crippen LogP contribution in [-0.4, -0.2) is 24.0 Å². The highest BCUT2D eigenvalue weighted by Crippen LogP contribution is 2.51. The quantitative estimate of drug-likeness (QED) is 0.805. The molecule has 19 heavy (non-hydrogen) atoms. The first kappa shape index (κ1) is 13.4. The number of hydrogen-bond acceptors (Lipinski definition) is 2. The molecule has 3 heteroatoms. The molecule has 3 aliphatic rings. The van der Waals surface area contributed by atoms with Gasteiger partial charge < -0.3 is 10.6 Å². The molecule has 0 aromatic carbocycles. The van der Waals surface area contributed by atoms with Crippen molar-refractivity contribution in [2.24, 2.45) is 5.41 Å². The van der Waals surface area contributed by atoms with Gasteiger partial charge in [-0.15, -0.1) is 0 Å². The summed E-state index contributed by atoms with van der Waals surface area (Å²) in [6.45, 7) is 3.15. The van der Waals surface area contributed by atoms with Gasteiger partial charge in [0, 0.05) is 6.04 Å². The number of nitrogens with one attached hydrogen (secondary N) is 2. The Morgan fingerprint density at radius 2 is 1.63 bits per heavy atom. The van der Waals surface area contributed by atoms with Crippen molar-refractivity contribution in [3.8, 4) is 0 Å². The molecule has 1 amide bonds. The van der Waals surface area contributed by atoms with Crippen LogP contribution in [0.25, 0.3) is 0 Å². The zero-order valence-corrected chi connectivity index (χ0v) is 12.3. The number of likely N-dealkylation sites (N-methyl/N-ethyl adjacent to an activating group) is 1. The Hall–Kier alpha value is -0.570. The molecular formula is C16H28N2O. The molecule has 1 heterocycles. The molecule has 1 atom stereocenters. The van der Waals surface area contributed by atoms with Crippen LogP contribution in [0.5, 0.6) is 0 Å². The van der Waals surface area contributed by atoms with Gasteiger partial charge in [-0.25, -0.2) is 0 Å². The van der Waals surface area contributed by atoms with E-state index in [0.29, 0.717) is 11.9 Å². The van der Waals surface area contributed by atoms with Gasteiger partial charge in [0.15, 0.2) is 0 Å². The van der Waals surface area contributed by atoms with Crippen LogP contribution in [0, 0.1) is 5.41 Å². The molecule has 2 saturated carbocycles. The Kier molecular flexibility index (Phi) is 3.59. The highest BCUT2D eigenvalue weighted by molar-refractivity contribution is 5.88. The zero-order valence-electron chi connectivity index (χ0n) is 12.3. The van der Waals surface area contributed by atoms with E-state index in [1.54, 1.807) is 0 Å². The molecule has 0 unspecified atom stereocenters. The van der Waals surface area contributed by atoms with E-state index in [1.165, 1.54) is 51.4 Å². The number of carbonyl (C=O) groups is 1. The van der Waals surface area contributed by atoms with Gasteiger partial charge in [-0.3, -0.25) is 4.79 Å². The second-order valence-electron chi connectivity index (χ2n) is 6.88. The minimum atomic E-state index is -0.0917. The van der Waals surface area contributed by atoms with Crippen molar-refractivity contribution in [2.75, 3.05) is 6.54 Å². The first-order valence-electron chi connectivity index (χ1n) is 8.30. The first-order valence-corrected chi connectivity index (χ1v) is 8.30. The van der Waals surface area contributed by atoms with Gasteiger partial charge in [0.05, 0.1) is 11.0 Å². The fourth-order valence-corrected chi connectivity index (χ4v) is 4.97. The molecule has 1 saturated heterocycles. The molecule has 0 aromatic heterocycles. The van der Waals surface area contributed by atoms with Crippen LogP contribution in [0.3, 0.4) is 0 Å². The molecule has 2 N–H and O–H groups in total. The third-order valence-corrected chi connectivity index (χ3v) is 5.82. The Morgan fingerprint density at radius 1 is 1.05 bits per heavy atom. The van der Waals surface area contributed by atoms with Gasteiger partial charge in [0.2, 0.25) is 5.91 Å². The summed E-state index contributed by atoms with van der Waals surface area (Å²) in [5.41, 5.74) is -0.0196. The summed E-state index contributed by atoms with van der Waals surface area (Å²) in [6, 6.07) is 0.373. The average molecular weight is 264 g/mol. The fraction of sp³-hybridized carbons (Fsp3) is 0.938. The second kappa shape index (κ2) is 5.08. The predicted molar refractivity (Wildman–Crippen MR) is 76.9 cm³/mol. The summed E-state index contributed by atoms with van der Waals surface area (Å²) in [7, 11) is 0. The fourth-order valence-electron chi connectivity index (χ4n) is 4.97. The monoisotopic (exact) mass is 264 g/mol. The summed E-state index contributed by atoms with van der Waals surface area (Å²) in [5, 5.41) is 7.18. The number of amides is 1. The van der Waals surface area contributed by atoms with Crippen LogP contribution < -0.4 is 10.6 Å². The third kappa shape index (κ3) is 2.01. The molecular weight excluding hydrogens is 236 g/mol. The van der Waals surface area contributed by atoms with Crippen LogP contribution >= 0.6 is 0 Å². The van der Waals surface area contributed by atoms with Crippen molar-refractivity contribution < 1.29 is 4.79 Å². The molecule has 108 valence electrons. The van der Waals surface area contributed by atoms with Crippen LogP contribution in [-0.2, 0) is 4.79 Å². The number of rotatable bonds is 2. The van der Waals surface area contributed by atoms with E-state index in [0.717, 1.165) is 19.4 Å². The molecule has 0 aromatic rings. The Bertz CT molecular complexity index is 341. The van der Waals surface area contributed by atoms with Gasteiger partial charge in [-0.1, -0.05) is 45.4 Å². The minimum absolute atomic E-state index is 0.0721. The van der Waals surface area contributed by atoms with Crippen molar-refractivity contribution in [2.45, 2.75) is 82.7 Å². The SMILES string of the molecule is CCN[C@H]1C2(CCCCC2)NC(=O)C12CCCCC2. The summed E-state index contributed by atoms with van der Waals surface area (Å²) in [6.07, 6.45) is 12.2. The number of carbonyl (C=O) groups excluding carboxylic acids is 1. The van der Waals surface area contributed by atoms with Crippen LogP contribution in [0.1, 0.15) is 71.1 Å². The van der Waals surface area contributed by atoms with E-state index in [4.69, 9.17) is 0 Å². The second-order valence-corrected chi connectivity index (χ2v) is 6.88. The number of hydrogen-bond donors (Lipinski definition) is 2. The average Bonchev–Trinajstić information content (AvgIpc) is 2.64. The molecule has 2 aliphatic carbocycles. The van der Waals surface area contributed by atoms with E-state index in [1.807, 2.05) is 0 Å². The van der Waals surface area contributed by atoms with Gasteiger partial charge in [0.25, 0.3) is 0 Å². The maximum atomic E-state index is 12.8. The normalized spacial score (nSPS) is 32.7. The van der Waals surface area contributed by atoms with Gasteiger partial charge in [-0.05, 0) is 32.2 Å². The molecule has 0 bridgehead atoms. The summed E-state index contributed by atoms with van der Waals surface area (Å²) in [5.74, 6) is 0.361. The Morgan fingerprint density at radius 3 is 2.21 bits per heavy atom. The van der Waals surface area contributed by atoms with Gasteiger partial charge >= 0.3 is 0 Å². The lowest BCUT2D eigenvalue weighted by Gasteiger charge is -2.44. The largest absolute Gasteiger partial charge is 0.349 e. The lowest BCUT2D eigenvalue weighted by atomic mass is 9.63. The maximum absolute atomic E-state index is 12.8. The van der Waals surface area contributed by atoms with E-state index >= 15 is 0 Å². The van der Waals surface area contributed by atoms with Crippen molar-refractivity contribution in [3.05, 3.63) is 0 Å². The summed E-state index contributed by atoms with van der Waals surface area (Å²) >= 11 is 0. The van der Waals surface area contributed by atoms with Crippen molar-refractivity contribution >= 4 is 5.91 Å². The molecule has 0 radical (unpaired) electrons. The van der Waals surface area contributed by atoms with Crippen molar-refractivity contribution in [3.63, 3.8) is 0 Å². The molecule has 3 rings (SSSR count). The molecule has 1 aliphatic heterocycles. The highest BCUT2D eigenvalue weighted by Gasteiger charge is 2.61. The van der Waals surface area contributed by atoms with Crippen molar-refractivity contribution in [1.29, 1.82) is 0 Å². The smallest absolute Gasteiger partial charge is 0.228 e. The Labute approximate surface area is 116 Å². The molecule has 3 fully saturated rings. The van der Waals surface area contributed by atoms with Crippen LogP contribution in [0.4, 0.5) is 0 Å². The lowest BCUT2D eigenvalue weighted by Crippen LogP contribution is -2.58. The van der Waals surface area contributed by atoms with E-state index in [2.05, 4.69) is 17.6 Å². The Balaban J connectivity index is 1.92. The maximum Gasteiger partial charge on any atom is 0.228 e. The summed E-state index contributed by atoms with van der Waals surface area (Å²) in [4.78, 5) is 12.8. The highest BCUT2D eigenvalue weighted by atomic mass is 16.2. The zero-order chi connectivity index (χ0) is 13.3. The lowest BCUT2D eigenvalue weighted by molar-refractivity contribution is -0.130. The minimum Gasteiger partial charge on any atom is -0.349 e. The molecule has 2 spiro atoms. The standard InChI is InChI=1S/C16H28N2O/c1-2-17-13-15(9-5-3-6-10-15)14(19)18-16(13)11-7-4-8-12-16/h13,17H,2-12H2,1H3,(H,18,19)/t13-/m1/s1. The van der Waals surface area contributed by atoms with Crippen LogP contribution in [0.2, 0.25) is 0 Å². The predicted octanol–water partition coefficient (Wildman–Crippen LogP) is 2.75. The van der Waals surface area contributed by atoms with Crippen molar-refractivity contribution in [1.82, 2.24) is 10.6 Å². The van der Waals surface area contributed by atoms with E-state index in [9.17, 15) is 4.79 Å². The third-order valence-electron chi connectivity index (χ3n) is 5.82. The summed E-state index contributed by atoms with van der Waals surface area (Å²) < 4.78 is 0. The van der Waals surface area contributed by atoms with Gasteiger partial charge in [-0.2, -0.15) is 0 Å². The molecule has 3 nitrogen and oxygen atoms in total. The first-order chi connectivity index (χ1) is 9.23. The van der Waals surface area contributed by atoms with Crippen LogP contribution in [0.15, 0.2) is 0 Å². The van der Waals surface area contributed by atoms with Gasteiger partial charge in [0.1, 0.15) is 0 Å².